The predicted molar refractivity (Wildman–Crippen MR) is 75.2 cm³/mol. The van der Waals surface area contributed by atoms with Gasteiger partial charge in [-0.1, -0.05) is 0 Å². The molecule has 0 N–H and O–H groups in total. The molecular weight excluding hydrogens is 335 g/mol. The summed E-state index contributed by atoms with van der Waals surface area (Å²) in [5.41, 5.74) is 0. The summed E-state index contributed by atoms with van der Waals surface area (Å²) in [4.78, 5) is 0. The van der Waals surface area contributed by atoms with Crippen molar-refractivity contribution in [1.29, 1.82) is 0 Å². The fraction of sp³-hybridized carbons (Fsp3) is 0.857. The first-order chi connectivity index (χ1) is 8.32. The monoisotopic (exact) mass is 363 g/mol. The van der Waals surface area contributed by atoms with Gasteiger partial charge in [-0.15, -0.1) is 0 Å². The summed E-state index contributed by atoms with van der Waals surface area (Å²) >= 11 is 1.19. The van der Waals surface area contributed by atoms with Gasteiger partial charge < -0.3 is 0 Å². The van der Waals surface area contributed by atoms with Crippen LogP contribution in [0.15, 0.2) is 9.72 Å². The third-order valence-electron chi connectivity index (χ3n) is 1.84. The third kappa shape index (κ3) is 9.92. The molecule has 0 atom stereocenters. The Hall–Kier alpha value is -0.0613. The first-order valence-electron chi connectivity index (χ1n) is 6.67. The SMILES string of the molecule is CC(C)CO[C]([Sn])=C(OCC(C)C)OCC(C)C. The maximum atomic E-state index is 5.70. The Bertz CT molecular complexity index is 233. The Morgan fingerprint density at radius 1 is 0.722 bits per heavy atom. The van der Waals surface area contributed by atoms with Crippen LogP contribution in [-0.4, -0.2) is 42.3 Å². The molecule has 0 aliphatic carbocycles. The van der Waals surface area contributed by atoms with E-state index in [0.717, 1.165) is 3.78 Å². The van der Waals surface area contributed by atoms with Gasteiger partial charge in [0.15, 0.2) is 0 Å². The molecule has 0 saturated carbocycles. The van der Waals surface area contributed by atoms with Crippen LogP contribution in [0, 0.1) is 17.8 Å². The standard InChI is InChI=1S/C14H27O3.Sn/c1-11(2)7-15-10-14(16-8-12(3)4)17-9-13(5)6;/h11-13H,7-9H2,1-6H3;. The van der Waals surface area contributed by atoms with Crippen molar-refractivity contribution in [3.8, 4) is 0 Å². The summed E-state index contributed by atoms with van der Waals surface area (Å²) in [6.07, 6.45) is 0. The van der Waals surface area contributed by atoms with Crippen molar-refractivity contribution in [2.45, 2.75) is 41.5 Å². The number of rotatable bonds is 9. The zero-order valence-corrected chi connectivity index (χ0v) is 15.4. The molecule has 0 rings (SSSR count). The molecule has 0 aromatic rings. The van der Waals surface area contributed by atoms with Gasteiger partial charge in [0.25, 0.3) is 0 Å². The topological polar surface area (TPSA) is 27.7 Å². The van der Waals surface area contributed by atoms with Crippen LogP contribution >= 0.6 is 0 Å². The van der Waals surface area contributed by atoms with Gasteiger partial charge in [-0.05, 0) is 0 Å². The van der Waals surface area contributed by atoms with Crippen LogP contribution in [0.4, 0.5) is 0 Å². The van der Waals surface area contributed by atoms with Crippen molar-refractivity contribution in [1.82, 2.24) is 0 Å². The third-order valence-corrected chi connectivity index (χ3v) is 2.84. The zero-order valence-electron chi connectivity index (χ0n) is 12.6. The summed E-state index contributed by atoms with van der Waals surface area (Å²) in [7, 11) is 0. The summed E-state index contributed by atoms with van der Waals surface area (Å²) in [5, 5.41) is 0. The van der Waals surface area contributed by atoms with Crippen LogP contribution in [0.2, 0.25) is 0 Å². The first-order valence-corrected chi connectivity index (χ1v) is 8.09. The number of hydrogen-bond donors (Lipinski definition) is 0. The maximum absolute atomic E-state index is 5.70. The molecule has 3 nitrogen and oxygen atoms in total. The molecule has 0 heterocycles. The van der Waals surface area contributed by atoms with Crippen molar-refractivity contribution >= 4 is 22.5 Å². The van der Waals surface area contributed by atoms with Gasteiger partial charge in [0.2, 0.25) is 0 Å². The Labute approximate surface area is 125 Å². The second-order valence-corrected chi connectivity index (χ2v) is 7.03. The molecule has 105 valence electrons. The second-order valence-electron chi connectivity index (χ2n) is 5.73. The Kier molecular flexibility index (Phi) is 9.78. The van der Waals surface area contributed by atoms with Gasteiger partial charge in [-0.2, -0.15) is 0 Å². The molecule has 4 heteroatoms. The van der Waals surface area contributed by atoms with Gasteiger partial charge in [0.1, 0.15) is 0 Å². The fourth-order valence-corrected chi connectivity index (χ4v) is 1.62. The van der Waals surface area contributed by atoms with Crippen molar-refractivity contribution in [2.75, 3.05) is 19.8 Å². The molecule has 0 aliphatic rings. The van der Waals surface area contributed by atoms with Crippen molar-refractivity contribution in [3.05, 3.63) is 9.72 Å². The molecule has 0 saturated heterocycles. The molecular formula is C14H27O3Sn. The molecule has 0 unspecified atom stereocenters. The van der Waals surface area contributed by atoms with E-state index in [4.69, 9.17) is 14.2 Å². The van der Waals surface area contributed by atoms with Crippen molar-refractivity contribution in [3.63, 3.8) is 0 Å². The van der Waals surface area contributed by atoms with E-state index in [1.165, 1.54) is 22.5 Å². The molecule has 0 aromatic heterocycles. The van der Waals surface area contributed by atoms with Gasteiger partial charge in [-0.3, -0.25) is 0 Å². The molecule has 0 fully saturated rings. The van der Waals surface area contributed by atoms with Crippen LogP contribution in [0.25, 0.3) is 0 Å². The molecule has 0 spiro atoms. The quantitative estimate of drug-likeness (QED) is 0.466. The normalized spacial score (nSPS) is 11.0. The molecule has 0 bridgehead atoms. The zero-order chi connectivity index (χ0) is 14.1. The average Bonchev–Trinajstić information content (AvgIpc) is 2.25. The van der Waals surface area contributed by atoms with E-state index >= 15 is 0 Å². The number of ether oxygens (including phenoxy) is 3. The summed E-state index contributed by atoms with van der Waals surface area (Å²) < 4.78 is 17.9. The van der Waals surface area contributed by atoms with Gasteiger partial charge in [-0.25, -0.2) is 0 Å². The summed E-state index contributed by atoms with van der Waals surface area (Å²) in [6, 6.07) is 0. The Morgan fingerprint density at radius 2 is 1.06 bits per heavy atom. The molecule has 3 radical (unpaired) electrons. The summed E-state index contributed by atoms with van der Waals surface area (Å²) in [6.45, 7) is 14.8. The molecule has 0 aliphatic heterocycles. The van der Waals surface area contributed by atoms with E-state index in [1.807, 2.05) is 0 Å². The molecule has 18 heavy (non-hydrogen) atoms. The van der Waals surface area contributed by atoms with Gasteiger partial charge in [0, 0.05) is 0 Å². The van der Waals surface area contributed by atoms with Gasteiger partial charge in [0.05, 0.1) is 0 Å². The average molecular weight is 362 g/mol. The van der Waals surface area contributed by atoms with E-state index in [1.54, 1.807) is 0 Å². The Balaban J connectivity index is 4.44. The van der Waals surface area contributed by atoms with Crippen LogP contribution < -0.4 is 0 Å². The second kappa shape index (κ2) is 9.81. The first kappa shape index (κ1) is 17.9. The predicted octanol–water partition coefficient (Wildman–Crippen LogP) is 3.30. The molecule has 0 amide bonds. The minimum absolute atomic E-state index is 0.483. The molecule has 0 aromatic carbocycles. The van der Waals surface area contributed by atoms with E-state index in [0.29, 0.717) is 43.5 Å². The van der Waals surface area contributed by atoms with E-state index in [-0.39, 0.29) is 0 Å². The van der Waals surface area contributed by atoms with Crippen LogP contribution in [0.3, 0.4) is 0 Å². The number of hydrogen-bond acceptors (Lipinski definition) is 3. The minimum atomic E-state index is 0.483. The van der Waals surface area contributed by atoms with Crippen molar-refractivity contribution in [2.24, 2.45) is 17.8 Å². The summed E-state index contributed by atoms with van der Waals surface area (Å²) in [5.74, 6) is 2.06. The van der Waals surface area contributed by atoms with E-state index in [9.17, 15) is 0 Å². The van der Waals surface area contributed by atoms with E-state index in [2.05, 4.69) is 41.5 Å². The fourth-order valence-electron chi connectivity index (χ4n) is 0.966. The van der Waals surface area contributed by atoms with Crippen LogP contribution in [0.1, 0.15) is 41.5 Å². The van der Waals surface area contributed by atoms with Crippen molar-refractivity contribution < 1.29 is 14.2 Å². The van der Waals surface area contributed by atoms with E-state index < -0.39 is 0 Å². The Morgan fingerprint density at radius 3 is 1.39 bits per heavy atom. The van der Waals surface area contributed by atoms with Gasteiger partial charge >= 0.3 is 126 Å². The van der Waals surface area contributed by atoms with Crippen LogP contribution in [-0.2, 0) is 14.2 Å². The van der Waals surface area contributed by atoms with Crippen LogP contribution in [0.5, 0.6) is 0 Å².